The van der Waals surface area contributed by atoms with Crippen LogP contribution in [0.15, 0.2) is 33.3 Å². The number of aromatic nitrogens is 1. The van der Waals surface area contributed by atoms with E-state index in [2.05, 4.69) is 26.2 Å². The maximum atomic E-state index is 5.71. The molecular weight excluding hydrogens is 296 g/mol. The second kappa shape index (κ2) is 6.02. The standard InChI is InChI=1S/C13H15BrN2O2/c1-15-6-5-13-16-8-12(18-13)10-4-3-9(14)7-11(10)17-2/h3-4,7-8,15H,5-6H2,1-2H3. The molecule has 2 rings (SSSR count). The van der Waals surface area contributed by atoms with Gasteiger partial charge >= 0.3 is 0 Å². The predicted molar refractivity (Wildman–Crippen MR) is 73.8 cm³/mol. The van der Waals surface area contributed by atoms with Crippen LogP contribution in [0.25, 0.3) is 11.3 Å². The van der Waals surface area contributed by atoms with E-state index in [4.69, 9.17) is 9.15 Å². The summed E-state index contributed by atoms with van der Waals surface area (Å²) >= 11 is 3.41. The van der Waals surface area contributed by atoms with Gasteiger partial charge < -0.3 is 14.5 Å². The molecule has 0 amide bonds. The third-order valence-electron chi connectivity index (χ3n) is 2.57. The third kappa shape index (κ3) is 2.91. The van der Waals surface area contributed by atoms with Crippen LogP contribution in [0.5, 0.6) is 5.75 Å². The highest BCUT2D eigenvalue weighted by Gasteiger charge is 2.11. The number of ether oxygens (including phenoxy) is 1. The van der Waals surface area contributed by atoms with Crippen molar-refractivity contribution in [3.05, 3.63) is 34.8 Å². The Morgan fingerprint density at radius 1 is 1.44 bits per heavy atom. The lowest BCUT2D eigenvalue weighted by Gasteiger charge is -2.05. The second-order valence-corrected chi connectivity index (χ2v) is 4.73. The molecule has 1 N–H and O–H groups in total. The molecule has 0 spiro atoms. The van der Waals surface area contributed by atoms with E-state index in [-0.39, 0.29) is 0 Å². The number of halogens is 1. The van der Waals surface area contributed by atoms with Crippen molar-refractivity contribution in [2.45, 2.75) is 6.42 Å². The number of oxazole rings is 1. The van der Waals surface area contributed by atoms with Gasteiger partial charge in [-0.05, 0) is 25.2 Å². The minimum atomic E-state index is 0.726. The molecule has 4 nitrogen and oxygen atoms in total. The number of hydrogen-bond acceptors (Lipinski definition) is 4. The Morgan fingerprint density at radius 3 is 3.00 bits per heavy atom. The van der Waals surface area contributed by atoms with Gasteiger partial charge in [0.05, 0.1) is 18.9 Å². The fraction of sp³-hybridized carbons (Fsp3) is 0.308. The van der Waals surface area contributed by atoms with E-state index in [9.17, 15) is 0 Å². The lowest BCUT2D eigenvalue weighted by molar-refractivity contribution is 0.413. The fourth-order valence-corrected chi connectivity index (χ4v) is 1.99. The van der Waals surface area contributed by atoms with E-state index in [1.54, 1.807) is 13.3 Å². The van der Waals surface area contributed by atoms with Gasteiger partial charge in [-0.15, -0.1) is 0 Å². The molecule has 5 heteroatoms. The summed E-state index contributed by atoms with van der Waals surface area (Å²) in [5.74, 6) is 2.22. The number of rotatable bonds is 5. The summed E-state index contributed by atoms with van der Waals surface area (Å²) in [6, 6.07) is 5.81. The number of nitrogens with one attached hydrogen (secondary N) is 1. The first-order chi connectivity index (χ1) is 8.74. The molecule has 0 aliphatic heterocycles. The largest absolute Gasteiger partial charge is 0.496 e. The average molecular weight is 311 g/mol. The molecular formula is C13H15BrN2O2. The molecule has 0 saturated carbocycles. The van der Waals surface area contributed by atoms with Gasteiger partial charge in [0.25, 0.3) is 0 Å². The Morgan fingerprint density at radius 2 is 2.28 bits per heavy atom. The van der Waals surface area contributed by atoms with Crippen molar-refractivity contribution in [2.75, 3.05) is 20.7 Å². The SMILES string of the molecule is CNCCc1ncc(-c2ccc(Br)cc2OC)o1. The van der Waals surface area contributed by atoms with Crippen LogP contribution in [0, 0.1) is 0 Å². The highest BCUT2D eigenvalue weighted by Crippen LogP contribution is 2.32. The normalized spacial score (nSPS) is 10.6. The Hall–Kier alpha value is -1.33. The smallest absolute Gasteiger partial charge is 0.196 e. The van der Waals surface area contributed by atoms with Gasteiger partial charge in [0, 0.05) is 17.4 Å². The molecule has 1 aromatic carbocycles. The van der Waals surface area contributed by atoms with Gasteiger partial charge in [-0.2, -0.15) is 0 Å². The highest BCUT2D eigenvalue weighted by atomic mass is 79.9. The number of nitrogens with zero attached hydrogens (tertiary/aromatic N) is 1. The summed E-state index contributed by atoms with van der Waals surface area (Å²) in [6.07, 6.45) is 2.51. The number of hydrogen-bond donors (Lipinski definition) is 1. The van der Waals surface area contributed by atoms with Crippen LogP contribution in [0.3, 0.4) is 0 Å². The topological polar surface area (TPSA) is 47.3 Å². The first-order valence-electron chi connectivity index (χ1n) is 5.68. The first-order valence-corrected chi connectivity index (χ1v) is 6.47. The lowest BCUT2D eigenvalue weighted by Crippen LogP contribution is -2.10. The van der Waals surface area contributed by atoms with Gasteiger partial charge in [-0.25, -0.2) is 4.98 Å². The maximum absolute atomic E-state index is 5.71. The zero-order valence-electron chi connectivity index (χ0n) is 10.4. The minimum Gasteiger partial charge on any atom is -0.496 e. The monoisotopic (exact) mass is 310 g/mol. The Balaban J connectivity index is 2.28. The lowest BCUT2D eigenvalue weighted by atomic mass is 10.1. The van der Waals surface area contributed by atoms with Gasteiger partial charge in [0.1, 0.15) is 5.75 Å². The summed E-state index contributed by atoms with van der Waals surface area (Å²) in [5, 5.41) is 3.06. The van der Waals surface area contributed by atoms with Gasteiger partial charge in [0.2, 0.25) is 0 Å². The number of likely N-dealkylation sites (N-methyl/N-ethyl adjacent to an activating group) is 1. The minimum absolute atomic E-state index is 0.726. The van der Waals surface area contributed by atoms with Gasteiger partial charge in [-0.1, -0.05) is 15.9 Å². The zero-order valence-corrected chi connectivity index (χ0v) is 12.0. The molecule has 0 saturated heterocycles. The molecule has 18 heavy (non-hydrogen) atoms. The molecule has 0 aliphatic rings. The molecule has 1 aromatic heterocycles. The number of methoxy groups -OCH3 is 1. The van der Waals surface area contributed by atoms with E-state index in [1.807, 2.05) is 25.2 Å². The molecule has 0 fully saturated rings. The van der Waals surface area contributed by atoms with Crippen LogP contribution >= 0.6 is 15.9 Å². The summed E-state index contributed by atoms with van der Waals surface area (Å²) in [5.41, 5.74) is 0.906. The van der Waals surface area contributed by atoms with Crippen LogP contribution in [-0.4, -0.2) is 25.7 Å². The predicted octanol–water partition coefficient (Wildman–Crippen LogP) is 2.87. The number of benzene rings is 1. The van der Waals surface area contributed by atoms with Gasteiger partial charge in [0.15, 0.2) is 11.7 Å². The van der Waals surface area contributed by atoms with Crippen molar-refractivity contribution in [2.24, 2.45) is 0 Å². The molecule has 0 bridgehead atoms. The highest BCUT2D eigenvalue weighted by molar-refractivity contribution is 9.10. The van der Waals surface area contributed by atoms with E-state index in [1.165, 1.54) is 0 Å². The van der Waals surface area contributed by atoms with Crippen molar-refractivity contribution >= 4 is 15.9 Å². The molecule has 0 radical (unpaired) electrons. The summed E-state index contributed by atoms with van der Waals surface area (Å²) < 4.78 is 12.0. The van der Waals surface area contributed by atoms with Crippen LogP contribution < -0.4 is 10.1 Å². The maximum Gasteiger partial charge on any atom is 0.196 e. The van der Waals surface area contributed by atoms with Crippen LogP contribution in [0.2, 0.25) is 0 Å². The van der Waals surface area contributed by atoms with E-state index in [0.717, 1.165) is 40.4 Å². The van der Waals surface area contributed by atoms with Gasteiger partial charge in [-0.3, -0.25) is 0 Å². The van der Waals surface area contributed by atoms with Crippen molar-refractivity contribution in [1.29, 1.82) is 0 Å². The summed E-state index contributed by atoms with van der Waals surface area (Å²) in [7, 11) is 3.55. The van der Waals surface area contributed by atoms with Crippen molar-refractivity contribution in [3.8, 4) is 17.1 Å². The van der Waals surface area contributed by atoms with E-state index < -0.39 is 0 Å². The van der Waals surface area contributed by atoms with Crippen LogP contribution in [0.4, 0.5) is 0 Å². The summed E-state index contributed by atoms with van der Waals surface area (Å²) in [6.45, 7) is 0.845. The second-order valence-electron chi connectivity index (χ2n) is 3.82. The van der Waals surface area contributed by atoms with Crippen LogP contribution in [0.1, 0.15) is 5.89 Å². The van der Waals surface area contributed by atoms with E-state index in [0.29, 0.717) is 0 Å². The average Bonchev–Trinajstić information content (AvgIpc) is 2.84. The first kappa shape index (κ1) is 13.1. The molecule has 2 aromatic rings. The molecule has 0 aliphatic carbocycles. The fourth-order valence-electron chi connectivity index (χ4n) is 1.65. The summed E-state index contributed by atoms with van der Waals surface area (Å²) in [4.78, 5) is 4.25. The van der Waals surface area contributed by atoms with Crippen molar-refractivity contribution in [3.63, 3.8) is 0 Å². The Labute approximate surface area is 114 Å². The van der Waals surface area contributed by atoms with Crippen molar-refractivity contribution in [1.82, 2.24) is 10.3 Å². The zero-order chi connectivity index (χ0) is 13.0. The molecule has 96 valence electrons. The Bertz CT molecular complexity index is 525. The van der Waals surface area contributed by atoms with E-state index >= 15 is 0 Å². The molecule has 1 heterocycles. The molecule has 0 unspecified atom stereocenters. The third-order valence-corrected chi connectivity index (χ3v) is 3.06. The van der Waals surface area contributed by atoms with Crippen molar-refractivity contribution < 1.29 is 9.15 Å². The molecule has 0 atom stereocenters. The Kier molecular flexibility index (Phi) is 4.38. The van der Waals surface area contributed by atoms with Crippen LogP contribution in [-0.2, 0) is 6.42 Å². The quantitative estimate of drug-likeness (QED) is 0.922.